The average Bonchev–Trinajstić information content (AvgIpc) is 2.94. The number of ether oxygens (including phenoxy) is 2. The third kappa shape index (κ3) is 3.30. The Morgan fingerprint density at radius 2 is 2.00 bits per heavy atom. The Labute approximate surface area is 107 Å². The highest BCUT2D eigenvalue weighted by Crippen LogP contribution is 2.19. The van der Waals surface area contributed by atoms with Crippen LogP contribution in [0.3, 0.4) is 0 Å². The second-order valence-electron chi connectivity index (χ2n) is 4.24. The second kappa shape index (κ2) is 6.51. The van der Waals surface area contributed by atoms with E-state index in [1.165, 1.54) is 12.8 Å². The predicted molar refractivity (Wildman–Crippen MR) is 69.8 cm³/mol. The van der Waals surface area contributed by atoms with Gasteiger partial charge in [0.2, 0.25) is 0 Å². The van der Waals surface area contributed by atoms with Gasteiger partial charge in [-0.2, -0.15) is 0 Å². The van der Waals surface area contributed by atoms with Crippen molar-refractivity contribution in [3.05, 3.63) is 12.4 Å². The van der Waals surface area contributed by atoms with Crippen molar-refractivity contribution in [1.29, 1.82) is 0 Å². The summed E-state index contributed by atoms with van der Waals surface area (Å²) in [5, 5.41) is 3.18. The maximum absolute atomic E-state index is 5.11. The summed E-state index contributed by atoms with van der Waals surface area (Å²) in [4.78, 5) is 10.8. The first kappa shape index (κ1) is 13.0. The van der Waals surface area contributed by atoms with Gasteiger partial charge in [0, 0.05) is 33.4 Å². The number of hydrogen-bond acceptors (Lipinski definition) is 6. The van der Waals surface area contributed by atoms with Gasteiger partial charge in [-0.3, -0.25) is 0 Å². The lowest BCUT2D eigenvalue weighted by Gasteiger charge is -2.18. The zero-order valence-electron chi connectivity index (χ0n) is 10.9. The minimum Gasteiger partial charge on any atom is -0.365 e. The molecule has 2 heterocycles. The van der Waals surface area contributed by atoms with Gasteiger partial charge in [-0.25, -0.2) is 9.97 Å². The zero-order chi connectivity index (χ0) is 12.8. The van der Waals surface area contributed by atoms with Crippen LogP contribution in [0.5, 0.6) is 0 Å². The first-order valence-corrected chi connectivity index (χ1v) is 6.20. The largest absolute Gasteiger partial charge is 0.365 e. The summed E-state index contributed by atoms with van der Waals surface area (Å²) in [7, 11) is 3.23. The molecule has 1 aromatic heterocycles. The van der Waals surface area contributed by atoms with Crippen molar-refractivity contribution in [3.63, 3.8) is 0 Å². The molecule has 1 saturated heterocycles. The van der Waals surface area contributed by atoms with Gasteiger partial charge in [0.1, 0.15) is 18.0 Å². The molecule has 0 unspecified atom stereocenters. The SMILES string of the molecule is COC(CNc1cc(N2CCCC2)ncn1)OC. The molecular formula is C12H20N4O2. The second-order valence-corrected chi connectivity index (χ2v) is 4.24. The molecule has 0 spiro atoms. The fraction of sp³-hybridized carbons (Fsp3) is 0.667. The van der Waals surface area contributed by atoms with Crippen molar-refractivity contribution < 1.29 is 9.47 Å². The van der Waals surface area contributed by atoms with Gasteiger partial charge in [0.25, 0.3) is 0 Å². The van der Waals surface area contributed by atoms with E-state index in [1.807, 2.05) is 6.07 Å². The number of nitrogens with zero attached hydrogens (tertiary/aromatic N) is 3. The van der Waals surface area contributed by atoms with Crippen molar-refractivity contribution in [2.24, 2.45) is 0 Å². The summed E-state index contributed by atoms with van der Waals surface area (Å²) >= 11 is 0. The lowest BCUT2D eigenvalue weighted by atomic mass is 10.4. The van der Waals surface area contributed by atoms with Crippen LogP contribution in [-0.2, 0) is 9.47 Å². The monoisotopic (exact) mass is 252 g/mol. The van der Waals surface area contributed by atoms with E-state index in [2.05, 4.69) is 20.2 Å². The summed E-state index contributed by atoms with van der Waals surface area (Å²) in [5.41, 5.74) is 0. The number of aromatic nitrogens is 2. The van der Waals surface area contributed by atoms with Crippen LogP contribution in [0.2, 0.25) is 0 Å². The van der Waals surface area contributed by atoms with Crippen LogP contribution in [0.15, 0.2) is 12.4 Å². The molecule has 1 aromatic rings. The highest BCUT2D eigenvalue weighted by atomic mass is 16.7. The Hall–Kier alpha value is -1.40. The highest BCUT2D eigenvalue weighted by Gasteiger charge is 2.14. The molecule has 6 heteroatoms. The molecule has 1 aliphatic heterocycles. The van der Waals surface area contributed by atoms with E-state index in [4.69, 9.17) is 9.47 Å². The fourth-order valence-corrected chi connectivity index (χ4v) is 2.01. The summed E-state index contributed by atoms with van der Waals surface area (Å²) in [6.07, 6.45) is 3.80. The summed E-state index contributed by atoms with van der Waals surface area (Å²) in [5.74, 6) is 1.78. The molecule has 18 heavy (non-hydrogen) atoms. The smallest absolute Gasteiger partial charge is 0.173 e. The van der Waals surface area contributed by atoms with Crippen LogP contribution in [0.4, 0.5) is 11.6 Å². The molecule has 1 aliphatic rings. The van der Waals surface area contributed by atoms with Crippen LogP contribution in [0.25, 0.3) is 0 Å². The molecule has 0 atom stereocenters. The van der Waals surface area contributed by atoms with Gasteiger partial charge < -0.3 is 19.7 Å². The molecule has 1 N–H and O–H groups in total. The highest BCUT2D eigenvalue weighted by molar-refractivity contribution is 5.48. The Kier molecular flexibility index (Phi) is 4.72. The maximum Gasteiger partial charge on any atom is 0.173 e. The lowest BCUT2D eigenvalue weighted by Crippen LogP contribution is -2.24. The quantitative estimate of drug-likeness (QED) is 0.765. The molecule has 100 valence electrons. The number of anilines is 2. The number of methoxy groups -OCH3 is 2. The van der Waals surface area contributed by atoms with Crippen LogP contribution >= 0.6 is 0 Å². The maximum atomic E-state index is 5.11. The minimum absolute atomic E-state index is 0.268. The standard InChI is InChI=1S/C12H20N4O2/c1-17-12(18-2)8-13-10-7-11(15-9-14-10)16-5-3-4-6-16/h7,9,12H,3-6,8H2,1-2H3,(H,13,14,15). The fourth-order valence-electron chi connectivity index (χ4n) is 2.01. The summed E-state index contributed by atoms with van der Waals surface area (Å²) in [6.45, 7) is 2.72. The third-order valence-electron chi connectivity index (χ3n) is 3.06. The molecule has 1 fully saturated rings. The van der Waals surface area contributed by atoms with E-state index in [0.29, 0.717) is 6.54 Å². The Morgan fingerprint density at radius 1 is 1.28 bits per heavy atom. The van der Waals surface area contributed by atoms with Crippen LogP contribution in [0, 0.1) is 0 Å². The Bertz CT molecular complexity index is 365. The molecule has 6 nitrogen and oxygen atoms in total. The molecule has 0 aliphatic carbocycles. The van der Waals surface area contributed by atoms with Gasteiger partial charge in [0.05, 0.1) is 6.54 Å². The van der Waals surface area contributed by atoms with Crippen LogP contribution < -0.4 is 10.2 Å². The number of nitrogens with one attached hydrogen (secondary N) is 1. The number of hydrogen-bond donors (Lipinski definition) is 1. The summed E-state index contributed by atoms with van der Waals surface area (Å²) < 4.78 is 10.2. The van der Waals surface area contributed by atoms with Gasteiger partial charge in [-0.1, -0.05) is 0 Å². The van der Waals surface area contributed by atoms with Gasteiger partial charge in [-0.05, 0) is 12.8 Å². The van der Waals surface area contributed by atoms with Crippen molar-refractivity contribution in [2.45, 2.75) is 19.1 Å². The summed E-state index contributed by atoms with van der Waals surface area (Å²) in [6, 6.07) is 1.97. The molecule has 0 radical (unpaired) electrons. The van der Waals surface area contributed by atoms with Gasteiger partial charge >= 0.3 is 0 Å². The molecule has 0 bridgehead atoms. The minimum atomic E-state index is -0.268. The van der Waals surface area contributed by atoms with Gasteiger partial charge in [-0.15, -0.1) is 0 Å². The number of rotatable bonds is 6. The first-order valence-electron chi connectivity index (χ1n) is 6.20. The topological polar surface area (TPSA) is 59.5 Å². The van der Waals surface area contributed by atoms with Crippen LogP contribution in [-0.4, -0.2) is 50.1 Å². The normalized spacial score (nSPS) is 15.4. The van der Waals surface area contributed by atoms with E-state index in [0.717, 1.165) is 24.7 Å². The molecule has 2 rings (SSSR count). The average molecular weight is 252 g/mol. The Balaban J connectivity index is 1.94. The lowest BCUT2D eigenvalue weighted by molar-refractivity contribution is -0.0914. The van der Waals surface area contributed by atoms with E-state index in [1.54, 1.807) is 20.5 Å². The Morgan fingerprint density at radius 3 is 2.67 bits per heavy atom. The predicted octanol–water partition coefficient (Wildman–Crippen LogP) is 1.11. The van der Waals surface area contributed by atoms with Crippen LogP contribution in [0.1, 0.15) is 12.8 Å². The molecule has 0 saturated carbocycles. The molecule has 0 amide bonds. The van der Waals surface area contributed by atoms with E-state index in [9.17, 15) is 0 Å². The molecular weight excluding hydrogens is 232 g/mol. The van der Waals surface area contributed by atoms with Crippen molar-refractivity contribution in [1.82, 2.24) is 9.97 Å². The van der Waals surface area contributed by atoms with E-state index >= 15 is 0 Å². The van der Waals surface area contributed by atoms with Crippen molar-refractivity contribution in [3.8, 4) is 0 Å². The van der Waals surface area contributed by atoms with E-state index < -0.39 is 0 Å². The molecule has 0 aromatic carbocycles. The zero-order valence-corrected chi connectivity index (χ0v) is 10.9. The first-order chi connectivity index (χ1) is 8.83. The van der Waals surface area contributed by atoms with E-state index in [-0.39, 0.29) is 6.29 Å². The van der Waals surface area contributed by atoms with Gasteiger partial charge in [0.15, 0.2) is 6.29 Å². The van der Waals surface area contributed by atoms with Crippen molar-refractivity contribution in [2.75, 3.05) is 44.1 Å². The van der Waals surface area contributed by atoms with Crippen molar-refractivity contribution >= 4 is 11.6 Å². The third-order valence-corrected chi connectivity index (χ3v) is 3.06.